The van der Waals surface area contributed by atoms with Crippen LogP contribution >= 0.6 is 0 Å². The Bertz CT molecular complexity index is 1370. The first-order chi connectivity index (χ1) is 16.9. The van der Waals surface area contributed by atoms with E-state index in [1.165, 1.54) is 42.5 Å². The summed E-state index contributed by atoms with van der Waals surface area (Å²) in [5, 5.41) is 10.7. The predicted octanol–water partition coefficient (Wildman–Crippen LogP) is 4.57. The number of methoxy groups -OCH3 is 1. The molecule has 4 rings (SSSR count). The molecule has 0 bridgehead atoms. The zero-order chi connectivity index (χ0) is 24.8. The van der Waals surface area contributed by atoms with Crippen molar-refractivity contribution in [1.82, 2.24) is 0 Å². The molecule has 0 spiro atoms. The molecule has 0 unspecified atom stereocenters. The standard InChI is InChI=1S/C26H18N2O7/c1-33-21-13-9-18(10-14-21)25-27-22(26(30)35-25)16-19-4-2-3-5-23(19)34-24(29)15-8-17-6-11-20(12-7-17)28(31)32/h2-16H,1H3/b15-8+,22-16-. The van der Waals surface area contributed by atoms with E-state index in [1.54, 1.807) is 55.6 Å². The number of esters is 2. The summed E-state index contributed by atoms with van der Waals surface area (Å²) < 4.78 is 15.8. The summed E-state index contributed by atoms with van der Waals surface area (Å²) in [6, 6.07) is 19.3. The van der Waals surface area contributed by atoms with E-state index in [9.17, 15) is 19.7 Å². The van der Waals surface area contributed by atoms with E-state index in [1.807, 2.05) is 0 Å². The van der Waals surface area contributed by atoms with Gasteiger partial charge in [0.2, 0.25) is 5.90 Å². The first-order valence-corrected chi connectivity index (χ1v) is 10.3. The van der Waals surface area contributed by atoms with Crippen molar-refractivity contribution in [3.05, 3.63) is 111 Å². The zero-order valence-corrected chi connectivity index (χ0v) is 18.4. The minimum absolute atomic E-state index is 0.0464. The number of carbonyl (C=O) groups is 2. The molecule has 1 aliphatic heterocycles. The van der Waals surface area contributed by atoms with Crippen LogP contribution in [-0.2, 0) is 14.3 Å². The second-order valence-electron chi connectivity index (χ2n) is 7.21. The van der Waals surface area contributed by atoms with Crippen LogP contribution in [0.2, 0.25) is 0 Å². The van der Waals surface area contributed by atoms with Gasteiger partial charge in [0.25, 0.3) is 5.69 Å². The lowest BCUT2D eigenvalue weighted by molar-refractivity contribution is -0.384. The van der Waals surface area contributed by atoms with E-state index in [4.69, 9.17) is 14.2 Å². The Balaban J connectivity index is 1.50. The van der Waals surface area contributed by atoms with E-state index in [2.05, 4.69) is 4.99 Å². The third-order valence-electron chi connectivity index (χ3n) is 4.90. The molecule has 0 fully saturated rings. The van der Waals surface area contributed by atoms with Crippen molar-refractivity contribution < 1.29 is 28.7 Å². The number of hydrogen-bond donors (Lipinski definition) is 0. The van der Waals surface area contributed by atoms with Gasteiger partial charge in [-0.1, -0.05) is 18.2 Å². The molecule has 0 saturated carbocycles. The largest absolute Gasteiger partial charge is 0.497 e. The van der Waals surface area contributed by atoms with E-state index in [0.29, 0.717) is 22.4 Å². The van der Waals surface area contributed by atoms with Crippen LogP contribution in [0.15, 0.2) is 89.6 Å². The van der Waals surface area contributed by atoms with Gasteiger partial charge in [-0.2, -0.15) is 0 Å². The van der Waals surface area contributed by atoms with Crippen molar-refractivity contribution in [3.63, 3.8) is 0 Å². The average Bonchev–Trinajstić information content (AvgIpc) is 3.24. The number of nitrogens with zero attached hydrogens (tertiary/aromatic N) is 2. The molecular formula is C26H18N2O7. The maximum atomic E-state index is 12.4. The average molecular weight is 470 g/mol. The molecule has 35 heavy (non-hydrogen) atoms. The van der Waals surface area contributed by atoms with Gasteiger partial charge >= 0.3 is 11.9 Å². The number of carbonyl (C=O) groups excluding carboxylic acids is 2. The number of nitro benzene ring substituents is 1. The quantitative estimate of drug-likeness (QED) is 0.163. The molecule has 9 heteroatoms. The van der Waals surface area contributed by atoms with Gasteiger partial charge < -0.3 is 14.2 Å². The highest BCUT2D eigenvalue weighted by atomic mass is 16.6. The minimum Gasteiger partial charge on any atom is -0.497 e. The number of hydrogen-bond acceptors (Lipinski definition) is 8. The van der Waals surface area contributed by atoms with Crippen LogP contribution in [0.25, 0.3) is 12.2 Å². The Labute approximate surface area is 199 Å². The number of cyclic esters (lactones) is 1. The Morgan fingerprint density at radius 1 is 1.03 bits per heavy atom. The van der Waals surface area contributed by atoms with E-state index < -0.39 is 16.9 Å². The number of aliphatic imine (C=N–C) groups is 1. The summed E-state index contributed by atoms with van der Waals surface area (Å²) in [7, 11) is 1.55. The van der Waals surface area contributed by atoms with Gasteiger partial charge in [0.15, 0.2) is 5.70 Å². The summed E-state index contributed by atoms with van der Waals surface area (Å²) in [5.74, 6) is -0.253. The van der Waals surface area contributed by atoms with Crippen molar-refractivity contribution >= 4 is 35.7 Å². The fraction of sp³-hybridized carbons (Fsp3) is 0.0385. The number of rotatable bonds is 7. The van der Waals surface area contributed by atoms with Gasteiger partial charge in [-0.25, -0.2) is 14.6 Å². The highest BCUT2D eigenvalue weighted by Gasteiger charge is 2.24. The Morgan fingerprint density at radius 2 is 1.74 bits per heavy atom. The summed E-state index contributed by atoms with van der Waals surface area (Å²) in [4.78, 5) is 39.2. The summed E-state index contributed by atoms with van der Waals surface area (Å²) in [6.45, 7) is 0. The summed E-state index contributed by atoms with van der Waals surface area (Å²) in [6.07, 6.45) is 4.16. The lowest BCUT2D eigenvalue weighted by Crippen LogP contribution is -2.06. The SMILES string of the molecule is COc1ccc(C2=N/C(=C\c3ccccc3OC(=O)/C=C/c3ccc([N+](=O)[O-])cc3)C(=O)O2)cc1. The summed E-state index contributed by atoms with van der Waals surface area (Å²) in [5.41, 5.74) is 1.67. The molecule has 0 saturated heterocycles. The van der Waals surface area contributed by atoms with Crippen molar-refractivity contribution in [2.75, 3.05) is 7.11 Å². The highest BCUT2D eigenvalue weighted by Crippen LogP contribution is 2.25. The molecule has 174 valence electrons. The van der Waals surface area contributed by atoms with Crippen LogP contribution < -0.4 is 9.47 Å². The Morgan fingerprint density at radius 3 is 2.43 bits per heavy atom. The van der Waals surface area contributed by atoms with Crippen molar-refractivity contribution in [2.45, 2.75) is 0 Å². The third-order valence-corrected chi connectivity index (χ3v) is 4.90. The summed E-state index contributed by atoms with van der Waals surface area (Å²) >= 11 is 0. The number of para-hydroxylation sites is 1. The molecule has 0 aliphatic carbocycles. The fourth-order valence-electron chi connectivity index (χ4n) is 3.12. The number of benzene rings is 3. The fourth-order valence-corrected chi connectivity index (χ4v) is 3.12. The highest BCUT2D eigenvalue weighted by molar-refractivity contribution is 6.13. The lowest BCUT2D eigenvalue weighted by atomic mass is 10.1. The molecule has 3 aromatic carbocycles. The predicted molar refractivity (Wildman–Crippen MR) is 128 cm³/mol. The third kappa shape index (κ3) is 5.66. The number of ether oxygens (including phenoxy) is 3. The first kappa shape index (κ1) is 23.1. The van der Waals surface area contributed by atoms with Crippen LogP contribution in [0, 0.1) is 10.1 Å². The number of nitro groups is 1. The molecule has 0 atom stereocenters. The molecule has 1 heterocycles. The van der Waals surface area contributed by atoms with Crippen LogP contribution in [0.4, 0.5) is 5.69 Å². The maximum absolute atomic E-state index is 12.4. The second-order valence-corrected chi connectivity index (χ2v) is 7.21. The Hall–Kier alpha value is -5.05. The van der Waals surface area contributed by atoms with Gasteiger partial charge in [-0.3, -0.25) is 10.1 Å². The Kier molecular flexibility index (Phi) is 6.78. The van der Waals surface area contributed by atoms with Gasteiger partial charge in [0, 0.05) is 29.3 Å². The minimum atomic E-state index is -0.661. The normalized spacial score (nSPS) is 14.0. The van der Waals surface area contributed by atoms with Crippen molar-refractivity contribution in [3.8, 4) is 11.5 Å². The second kappa shape index (κ2) is 10.3. The smallest absolute Gasteiger partial charge is 0.363 e. The zero-order valence-electron chi connectivity index (χ0n) is 18.4. The first-order valence-electron chi connectivity index (χ1n) is 10.3. The van der Waals surface area contributed by atoms with E-state index in [0.717, 1.165) is 0 Å². The molecule has 0 N–H and O–H groups in total. The topological polar surface area (TPSA) is 117 Å². The molecule has 0 amide bonds. The van der Waals surface area contributed by atoms with Crippen LogP contribution in [0.1, 0.15) is 16.7 Å². The molecule has 3 aromatic rings. The van der Waals surface area contributed by atoms with Crippen LogP contribution in [-0.4, -0.2) is 29.9 Å². The van der Waals surface area contributed by atoms with Crippen LogP contribution in [0.3, 0.4) is 0 Å². The molecule has 0 aromatic heterocycles. The van der Waals surface area contributed by atoms with E-state index in [-0.39, 0.29) is 23.0 Å². The molecule has 0 radical (unpaired) electrons. The van der Waals surface area contributed by atoms with Crippen molar-refractivity contribution in [2.24, 2.45) is 4.99 Å². The molecular weight excluding hydrogens is 452 g/mol. The lowest BCUT2D eigenvalue weighted by Gasteiger charge is -2.05. The maximum Gasteiger partial charge on any atom is 0.363 e. The van der Waals surface area contributed by atoms with Gasteiger partial charge in [-0.15, -0.1) is 0 Å². The monoisotopic (exact) mass is 470 g/mol. The van der Waals surface area contributed by atoms with Gasteiger partial charge in [0.1, 0.15) is 11.5 Å². The van der Waals surface area contributed by atoms with E-state index >= 15 is 0 Å². The molecule has 9 nitrogen and oxygen atoms in total. The van der Waals surface area contributed by atoms with Crippen LogP contribution in [0.5, 0.6) is 11.5 Å². The van der Waals surface area contributed by atoms with Crippen molar-refractivity contribution in [1.29, 1.82) is 0 Å². The number of non-ortho nitro benzene ring substituents is 1. The molecule has 1 aliphatic rings. The van der Waals surface area contributed by atoms with Gasteiger partial charge in [-0.05, 0) is 60.2 Å². The van der Waals surface area contributed by atoms with Gasteiger partial charge in [0.05, 0.1) is 12.0 Å².